The summed E-state index contributed by atoms with van der Waals surface area (Å²) in [7, 11) is -8.16. The molecular weight excluding hydrogens is 954 g/mol. The number of pyridine rings is 2. The van der Waals surface area contributed by atoms with Gasteiger partial charge >= 0.3 is 17.7 Å². The molecule has 0 N–H and O–H groups in total. The number of anilines is 1. The Morgan fingerprint density at radius 2 is 0.984 bits per heavy atom. The first-order valence-electron chi connectivity index (χ1n) is 16.6. The van der Waals surface area contributed by atoms with Crippen molar-refractivity contribution in [3.8, 4) is 0 Å². The fraction of sp³-hybridized carbons (Fsp3) is 0.118. The summed E-state index contributed by atoms with van der Waals surface area (Å²) < 4.78 is 125. The monoisotopic (exact) mass is 983 g/mol. The van der Waals surface area contributed by atoms with Crippen molar-refractivity contribution >= 4 is 54.3 Å². The summed E-state index contributed by atoms with van der Waals surface area (Å²) in [5, 5.41) is 21.1. The number of benzene rings is 2. The van der Waals surface area contributed by atoms with E-state index in [9.17, 15) is 26.3 Å². The van der Waals surface area contributed by atoms with Gasteiger partial charge in [-0.05, 0) is 78.2 Å². The van der Waals surface area contributed by atoms with Gasteiger partial charge in [-0.1, -0.05) is 18.2 Å². The van der Waals surface area contributed by atoms with Crippen molar-refractivity contribution in [1.82, 2.24) is 48.7 Å². The van der Waals surface area contributed by atoms with Gasteiger partial charge in [-0.15, -0.1) is 35.0 Å². The first-order chi connectivity index (χ1) is 28.2. The van der Waals surface area contributed by atoms with Crippen LogP contribution in [0.5, 0.6) is 0 Å². The third-order valence-electron chi connectivity index (χ3n) is 7.67. The normalized spacial score (nSPS) is 11.6. The molecular formula is C34H30BF6N11O6PdS2-4. The number of fused-ring (bicyclic) bond motifs is 3. The molecule has 8 aromatic rings. The molecule has 0 aliphatic carbocycles. The van der Waals surface area contributed by atoms with Gasteiger partial charge in [-0.25, -0.2) is 37.2 Å². The SMILES string of the molecule is CN(C)c1ccncc1.O=S(=O)([O-])C(F)(F)F.O=S(=O)([O-])C(F)(F)F.[Pd].[c-]1cccc2ccc3cccnc3c12.c1cnn([B-](n2cccn2)(n2cccn2)n2cccn2)c1. The van der Waals surface area contributed by atoms with E-state index in [0.29, 0.717) is 0 Å². The maximum absolute atomic E-state index is 10.7. The molecule has 61 heavy (non-hydrogen) atoms. The van der Waals surface area contributed by atoms with Crippen LogP contribution >= 0.6 is 0 Å². The maximum atomic E-state index is 10.7. The largest absolute Gasteiger partial charge is 0.741 e. The van der Waals surface area contributed by atoms with Crippen LogP contribution in [0.15, 0.2) is 147 Å². The van der Waals surface area contributed by atoms with Crippen molar-refractivity contribution in [1.29, 1.82) is 0 Å². The summed E-state index contributed by atoms with van der Waals surface area (Å²) >= 11 is 0. The molecule has 0 spiro atoms. The molecule has 0 atom stereocenters. The number of rotatable bonds is 5. The van der Waals surface area contributed by atoms with Crippen LogP contribution in [0.25, 0.3) is 21.7 Å². The standard InChI is InChI=1S/C13H8N.C12H12BN8.C7H10N2.2CHF3O3S.Pd/c1-2-6-12-10(4-1)7-8-11-5-3-9-14-13(11)12;1-5-14-18(9-1)13(19-10-2-6-15-19,20-11-3-7-16-20)21-12-4-8-17-21;1-9(2)7-3-5-8-6-4-7;2*2-1(3,4)8(5,6)7;/h1-5,7-9H;1-12H;3-6H,1-2H3;2*(H,5,6,7);/q2*-1;;;;/p-2. The number of alkyl halides is 6. The van der Waals surface area contributed by atoms with E-state index >= 15 is 0 Å². The quantitative estimate of drug-likeness (QED) is 0.0565. The predicted octanol–water partition coefficient (Wildman–Crippen LogP) is 4.84. The molecule has 0 saturated carbocycles. The van der Waals surface area contributed by atoms with E-state index < -0.39 is 37.9 Å². The number of hydrogen-bond donors (Lipinski definition) is 0. The van der Waals surface area contributed by atoms with Crippen LogP contribution in [0.2, 0.25) is 0 Å². The first-order valence-corrected chi connectivity index (χ1v) is 19.4. The Labute approximate surface area is 357 Å². The minimum absolute atomic E-state index is 0. The average molecular weight is 984 g/mol. The molecule has 6 aromatic heterocycles. The van der Waals surface area contributed by atoms with Gasteiger partial charge in [0.15, 0.2) is 20.2 Å². The van der Waals surface area contributed by atoms with Gasteiger partial charge in [0.25, 0.3) is 0 Å². The van der Waals surface area contributed by atoms with Crippen LogP contribution < -0.4 is 4.90 Å². The Bertz CT molecular complexity index is 2490. The van der Waals surface area contributed by atoms with Gasteiger partial charge in [0.2, 0.25) is 0 Å². The number of aromatic nitrogens is 10. The topological polar surface area (TPSA) is 215 Å². The molecule has 0 aliphatic rings. The van der Waals surface area contributed by atoms with Gasteiger partial charge in [0.05, 0.1) is 0 Å². The number of halogens is 6. The molecule has 0 unspecified atom stereocenters. The summed E-state index contributed by atoms with van der Waals surface area (Å²) in [6.07, 6.45) is 19.8. The Kier molecular flexibility index (Phi) is 17.0. The van der Waals surface area contributed by atoms with Crippen LogP contribution in [-0.2, 0) is 40.7 Å². The van der Waals surface area contributed by atoms with E-state index in [1.165, 1.54) is 16.5 Å². The average Bonchev–Trinajstić information content (AvgIpc) is 4.06. The smallest absolute Gasteiger partial charge is 0.485 e. The molecule has 328 valence electrons. The molecule has 17 nitrogen and oxygen atoms in total. The fourth-order valence-corrected chi connectivity index (χ4v) is 5.05. The third kappa shape index (κ3) is 12.8. The molecule has 0 amide bonds. The van der Waals surface area contributed by atoms with Crippen LogP contribution in [-0.4, -0.2) is 106 Å². The molecule has 8 rings (SSSR count). The van der Waals surface area contributed by atoms with E-state index in [1.807, 2.05) is 123 Å². The van der Waals surface area contributed by atoms with E-state index in [0.717, 1.165) is 10.9 Å². The van der Waals surface area contributed by atoms with Crippen molar-refractivity contribution in [2.24, 2.45) is 0 Å². The summed E-state index contributed by atoms with van der Waals surface area (Å²) in [6.45, 7) is -1.83. The fourth-order valence-electron chi connectivity index (χ4n) is 5.05. The van der Waals surface area contributed by atoms with Crippen LogP contribution in [0.3, 0.4) is 0 Å². The van der Waals surface area contributed by atoms with Gasteiger partial charge < -0.3 is 37.4 Å². The van der Waals surface area contributed by atoms with Crippen molar-refractivity contribution < 1.29 is 72.7 Å². The van der Waals surface area contributed by atoms with Gasteiger partial charge in [0, 0.05) is 83.6 Å². The first kappa shape index (κ1) is 49.4. The van der Waals surface area contributed by atoms with Crippen molar-refractivity contribution in [2.45, 2.75) is 11.0 Å². The zero-order valence-electron chi connectivity index (χ0n) is 31.2. The molecule has 6 heterocycles. The maximum Gasteiger partial charge on any atom is 0.485 e. The third-order valence-corrected chi connectivity index (χ3v) is 8.81. The zero-order chi connectivity index (χ0) is 44.2. The Morgan fingerprint density at radius 1 is 0.590 bits per heavy atom. The second kappa shape index (κ2) is 21.0. The van der Waals surface area contributed by atoms with E-state index in [1.54, 1.807) is 37.2 Å². The summed E-state index contributed by atoms with van der Waals surface area (Å²) in [4.78, 5) is 10.3. The Balaban J connectivity index is 0.000000217. The van der Waals surface area contributed by atoms with E-state index in [2.05, 4.69) is 60.7 Å². The van der Waals surface area contributed by atoms with Crippen LogP contribution in [0.1, 0.15) is 0 Å². The molecule has 0 aliphatic heterocycles. The molecule has 2 aromatic carbocycles. The van der Waals surface area contributed by atoms with Crippen molar-refractivity contribution in [3.63, 3.8) is 0 Å². The second-order valence-electron chi connectivity index (χ2n) is 11.8. The minimum atomic E-state index is -6.09. The predicted molar refractivity (Wildman–Crippen MR) is 204 cm³/mol. The molecule has 27 heteroatoms. The summed E-state index contributed by atoms with van der Waals surface area (Å²) in [5.41, 5.74) is -9.07. The number of hydrogen-bond acceptors (Lipinski definition) is 13. The van der Waals surface area contributed by atoms with Crippen molar-refractivity contribution in [3.05, 3.63) is 153 Å². The van der Waals surface area contributed by atoms with Gasteiger partial charge in [-0.2, -0.15) is 26.3 Å². The van der Waals surface area contributed by atoms with E-state index in [-0.39, 0.29) is 20.4 Å². The zero-order valence-corrected chi connectivity index (χ0v) is 34.4. The van der Waals surface area contributed by atoms with Crippen LogP contribution in [0.4, 0.5) is 32.0 Å². The molecule has 0 fully saturated rings. The molecule has 0 bridgehead atoms. The number of nitrogens with zero attached hydrogens (tertiary/aromatic N) is 11. The van der Waals surface area contributed by atoms with Crippen molar-refractivity contribution in [2.75, 3.05) is 19.0 Å². The Morgan fingerprint density at radius 3 is 1.33 bits per heavy atom. The second-order valence-corrected chi connectivity index (χ2v) is 14.6. The van der Waals surface area contributed by atoms with Gasteiger partial charge in [0.1, 0.15) is 0 Å². The molecule has 0 saturated heterocycles. The van der Waals surface area contributed by atoms with Gasteiger partial charge in [-0.3, -0.25) is 4.98 Å². The summed E-state index contributed by atoms with van der Waals surface area (Å²) in [5.74, 6) is 0. The van der Waals surface area contributed by atoms with E-state index in [4.69, 9.17) is 25.9 Å². The minimum Gasteiger partial charge on any atom is -0.741 e. The summed E-state index contributed by atoms with van der Waals surface area (Å²) in [6, 6.07) is 28.9. The Hall–Kier alpha value is -5.97. The molecule has 0 radical (unpaired) electrons. The van der Waals surface area contributed by atoms with Crippen LogP contribution in [0, 0.1) is 6.07 Å².